The van der Waals surface area contributed by atoms with Gasteiger partial charge < -0.3 is 0 Å². The minimum Gasteiger partial charge on any atom is -0.263 e. The first-order chi connectivity index (χ1) is 7.78. The molecule has 17 heavy (non-hydrogen) atoms. The van der Waals surface area contributed by atoms with Crippen LogP contribution < -0.4 is 0 Å². The number of aromatic nitrogens is 2. The number of fused-ring (bicyclic) bond motifs is 1. The predicted octanol–water partition coefficient (Wildman–Crippen LogP) is 1.71. The van der Waals surface area contributed by atoms with E-state index in [1.54, 1.807) is 6.92 Å². The number of amides is 1. The summed E-state index contributed by atoms with van der Waals surface area (Å²) in [5, 5.41) is 3.89. The molecule has 4 nitrogen and oxygen atoms in total. The van der Waals surface area contributed by atoms with Gasteiger partial charge in [-0.2, -0.15) is 18.3 Å². The van der Waals surface area contributed by atoms with E-state index in [0.717, 1.165) is 0 Å². The van der Waals surface area contributed by atoms with Gasteiger partial charge in [-0.1, -0.05) is 4.71 Å². The van der Waals surface area contributed by atoms with Crippen LogP contribution in [0.2, 0.25) is 0 Å². The number of halogens is 4. The maximum absolute atomic E-state index is 14.0. The highest BCUT2D eigenvalue weighted by atomic mass is 19.4. The van der Waals surface area contributed by atoms with Gasteiger partial charge in [-0.15, -0.1) is 0 Å². The molecule has 1 atom stereocenters. The van der Waals surface area contributed by atoms with Gasteiger partial charge in [0.05, 0.1) is 11.8 Å². The Labute approximate surface area is 94.0 Å². The molecule has 1 unspecified atom stereocenters. The summed E-state index contributed by atoms with van der Waals surface area (Å²) in [4.78, 5) is 11.0. The van der Waals surface area contributed by atoms with Crippen molar-refractivity contribution in [2.45, 2.75) is 32.7 Å². The molecule has 1 aliphatic heterocycles. The van der Waals surface area contributed by atoms with E-state index in [2.05, 4.69) is 5.10 Å². The third kappa shape index (κ3) is 1.82. The van der Waals surface area contributed by atoms with Gasteiger partial charge in [-0.05, 0) is 6.92 Å². The van der Waals surface area contributed by atoms with Crippen LogP contribution in [0.25, 0.3) is 0 Å². The molecule has 0 aromatic carbocycles. The summed E-state index contributed by atoms with van der Waals surface area (Å²) in [6, 6.07) is 0. The summed E-state index contributed by atoms with van der Waals surface area (Å²) in [6.45, 7) is 0.953. The molecule has 0 radical (unpaired) electrons. The van der Waals surface area contributed by atoms with Crippen molar-refractivity contribution in [3.05, 3.63) is 17.5 Å². The average molecular weight is 252 g/mol. The predicted molar refractivity (Wildman–Crippen MR) is 47.7 cm³/mol. The molecule has 1 aliphatic rings. The zero-order valence-electron chi connectivity index (χ0n) is 8.96. The molecule has 0 saturated carbocycles. The average Bonchev–Trinajstić information content (AvgIpc) is 2.72. The molecule has 0 bridgehead atoms. The zero-order valence-corrected chi connectivity index (χ0v) is 8.96. The number of carbonyl (C=O) groups excluding carboxylic acids is 1. The summed E-state index contributed by atoms with van der Waals surface area (Å²) in [7, 11) is 0. The first kappa shape index (κ1) is 12.0. The SMILES string of the molecule is CCn1ncc2c1C[N+](F)(C(=O)C(F)(F)F)C2. The lowest BCUT2D eigenvalue weighted by atomic mass is 10.3. The molecule has 1 amide bonds. The van der Waals surface area contributed by atoms with Crippen LogP contribution >= 0.6 is 0 Å². The Morgan fingerprint density at radius 1 is 1.53 bits per heavy atom. The van der Waals surface area contributed by atoms with Gasteiger partial charge in [0.25, 0.3) is 0 Å². The summed E-state index contributed by atoms with van der Waals surface area (Å²) < 4.78 is 49.9. The summed E-state index contributed by atoms with van der Waals surface area (Å²) in [5.41, 5.74) is 0.708. The fraction of sp³-hybridized carbons (Fsp3) is 0.556. The van der Waals surface area contributed by atoms with Crippen molar-refractivity contribution < 1.29 is 27.2 Å². The smallest absolute Gasteiger partial charge is 0.263 e. The molecule has 0 spiro atoms. The number of carbonyl (C=O) groups is 1. The minimum atomic E-state index is -5.16. The van der Waals surface area contributed by atoms with Crippen LogP contribution in [0, 0.1) is 0 Å². The molecule has 0 fully saturated rings. The third-order valence-corrected chi connectivity index (χ3v) is 2.76. The second-order valence-corrected chi connectivity index (χ2v) is 3.91. The summed E-state index contributed by atoms with van der Waals surface area (Å²) in [5.74, 6) is -2.36. The van der Waals surface area contributed by atoms with E-state index in [1.165, 1.54) is 10.9 Å². The lowest BCUT2D eigenvalue weighted by molar-refractivity contribution is -1.01. The zero-order chi connectivity index (χ0) is 12.8. The number of hydrogen-bond donors (Lipinski definition) is 0. The summed E-state index contributed by atoms with van der Waals surface area (Å²) in [6.07, 6.45) is -3.86. The van der Waals surface area contributed by atoms with Crippen LogP contribution in [-0.4, -0.2) is 26.6 Å². The fourth-order valence-corrected chi connectivity index (χ4v) is 1.97. The summed E-state index contributed by atoms with van der Waals surface area (Å²) >= 11 is 0. The number of alkyl halides is 3. The van der Waals surface area contributed by atoms with Crippen molar-refractivity contribution in [1.82, 2.24) is 9.78 Å². The number of nitrogens with zero attached hydrogens (tertiary/aromatic N) is 3. The highest BCUT2D eigenvalue weighted by Crippen LogP contribution is 2.35. The van der Waals surface area contributed by atoms with Crippen LogP contribution in [-0.2, 0) is 24.4 Å². The van der Waals surface area contributed by atoms with Crippen LogP contribution in [0.15, 0.2) is 6.20 Å². The van der Waals surface area contributed by atoms with Gasteiger partial charge >= 0.3 is 12.1 Å². The van der Waals surface area contributed by atoms with Crippen LogP contribution in [0.3, 0.4) is 0 Å². The molecule has 2 rings (SSSR count). The molecule has 8 heteroatoms. The number of hydrogen-bond acceptors (Lipinski definition) is 2. The van der Waals surface area contributed by atoms with Crippen LogP contribution in [0.1, 0.15) is 18.2 Å². The van der Waals surface area contributed by atoms with E-state index in [9.17, 15) is 22.4 Å². The molecule has 0 saturated heterocycles. The van der Waals surface area contributed by atoms with Crippen molar-refractivity contribution in [3.63, 3.8) is 0 Å². The van der Waals surface area contributed by atoms with Crippen molar-refractivity contribution in [3.8, 4) is 0 Å². The van der Waals surface area contributed by atoms with E-state index in [1.807, 2.05) is 0 Å². The molecule has 0 aliphatic carbocycles. The van der Waals surface area contributed by atoms with Crippen LogP contribution in [0.5, 0.6) is 0 Å². The van der Waals surface area contributed by atoms with Crippen molar-refractivity contribution in [1.29, 1.82) is 0 Å². The Balaban J connectivity index is 2.30. The highest BCUT2D eigenvalue weighted by molar-refractivity contribution is 5.75. The highest BCUT2D eigenvalue weighted by Gasteiger charge is 2.60. The van der Waals surface area contributed by atoms with E-state index < -0.39 is 29.9 Å². The molecule has 1 aromatic rings. The normalized spacial score (nSPS) is 23.8. The molecular formula is C9H10F4N3O+. The van der Waals surface area contributed by atoms with Crippen molar-refractivity contribution in [2.24, 2.45) is 0 Å². The van der Waals surface area contributed by atoms with Crippen LogP contribution in [0.4, 0.5) is 17.7 Å². The maximum atomic E-state index is 14.0. The molecule has 1 aromatic heterocycles. The van der Waals surface area contributed by atoms with Gasteiger partial charge in [-0.3, -0.25) is 4.68 Å². The topological polar surface area (TPSA) is 34.9 Å². The van der Waals surface area contributed by atoms with Crippen molar-refractivity contribution in [2.75, 3.05) is 0 Å². The molecular weight excluding hydrogens is 242 g/mol. The monoisotopic (exact) mass is 252 g/mol. The molecule has 0 N–H and O–H groups in total. The quantitative estimate of drug-likeness (QED) is 0.563. The second kappa shape index (κ2) is 3.52. The van der Waals surface area contributed by atoms with Gasteiger partial charge in [0.1, 0.15) is 5.69 Å². The standard InChI is InChI=1S/C9H10F4N3O/c1-2-15-7-5-16(13,4-6(7)3-14-15)8(17)9(10,11)12/h3H,2,4-5H2,1H3/q+1. The lowest BCUT2D eigenvalue weighted by Gasteiger charge is -2.18. The largest absolute Gasteiger partial charge is 0.513 e. The Morgan fingerprint density at radius 3 is 2.71 bits per heavy atom. The van der Waals surface area contributed by atoms with E-state index in [0.29, 0.717) is 17.8 Å². The Morgan fingerprint density at radius 2 is 2.18 bits per heavy atom. The molecule has 94 valence electrons. The van der Waals surface area contributed by atoms with E-state index >= 15 is 0 Å². The van der Waals surface area contributed by atoms with Gasteiger partial charge in [0, 0.05) is 11.0 Å². The maximum Gasteiger partial charge on any atom is 0.513 e. The Bertz CT molecular complexity index is 467. The minimum absolute atomic E-state index is 0.354. The first-order valence-electron chi connectivity index (χ1n) is 5.00. The van der Waals surface area contributed by atoms with Gasteiger partial charge in [0.15, 0.2) is 13.1 Å². The third-order valence-electron chi connectivity index (χ3n) is 2.76. The van der Waals surface area contributed by atoms with E-state index in [4.69, 9.17) is 0 Å². The second-order valence-electron chi connectivity index (χ2n) is 3.91. The van der Waals surface area contributed by atoms with E-state index in [-0.39, 0.29) is 0 Å². The first-order valence-corrected chi connectivity index (χ1v) is 5.00. The molecule has 2 heterocycles. The van der Waals surface area contributed by atoms with Crippen molar-refractivity contribution >= 4 is 5.91 Å². The lowest BCUT2D eigenvalue weighted by Crippen LogP contribution is -2.48. The Hall–Kier alpha value is -1.44. The van der Waals surface area contributed by atoms with Gasteiger partial charge in [0.2, 0.25) is 0 Å². The van der Waals surface area contributed by atoms with Gasteiger partial charge in [-0.25, -0.2) is 4.79 Å². The fourth-order valence-electron chi connectivity index (χ4n) is 1.97. The number of rotatable bonds is 1. The number of aryl methyl sites for hydroxylation is 1. The Kier molecular flexibility index (Phi) is 2.49. The number of quaternary nitrogens is 1.